The van der Waals surface area contributed by atoms with Crippen LogP contribution in [0.1, 0.15) is 17.0 Å². The van der Waals surface area contributed by atoms with E-state index in [2.05, 4.69) is 55.7 Å². The molecule has 0 saturated heterocycles. The van der Waals surface area contributed by atoms with Crippen molar-refractivity contribution in [3.63, 3.8) is 0 Å². The Morgan fingerprint density at radius 2 is 2.11 bits per heavy atom. The van der Waals surface area contributed by atoms with Crippen molar-refractivity contribution < 1.29 is 0 Å². The SMILES string of the molecule is N#Cc1nnc(NCC/C=C/c2ccc(Br)cc2)s1. The van der Waals surface area contributed by atoms with Gasteiger partial charge in [0.2, 0.25) is 10.1 Å². The topological polar surface area (TPSA) is 61.6 Å². The lowest BCUT2D eigenvalue weighted by Gasteiger charge is -1.97. The van der Waals surface area contributed by atoms with Gasteiger partial charge in [-0.1, -0.05) is 51.6 Å². The van der Waals surface area contributed by atoms with Crippen molar-refractivity contribution in [2.24, 2.45) is 0 Å². The summed E-state index contributed by atoms with van der Waals surface area (Å²) in [5.74, 6) is 0. The molecule has 6 heteroatoms. The lowest BCUT2D eigenvalue weighted by atomic mass is 10.2. The first-order valence-corrected chi connectivity index (χ1v) is 7.28. The number of hydrogen-bond donors (Lipinski definition) is 1. The summed E-state index contributed by atoms with van der Waals surface area (Å²) in [5.41, 5.74) is 1.17. The van der Waals surface area contributed by atoms with Crippen LogP contribution in [0.3, 0.4) is 0 Å². The third-order valence-electron chi connectivity index (χ3n) is 2.29. The predicted molar refractivity (Wildman–Crippen MR) is 80.9 cm³/mol. The van der Waals surface area contributed by atoms with Gasteiger partial charge in [0, 0.05) is 11.0 Å². The molecule has 1 heterocycles. The number of rotatable bonds is 5. The van der Waals surface area contributed by atoms with Gasteiger partial charge in [0.15, 0.2) is 0 Å². The van der Waals surface area contributed by atoms with Gasteiger partial charge in [-0.15, -0.1) is 10.2 Å². The maximum atomic E-state index is 8.62. The number of aromatic nitrogens is 2. The highest BCUT2D eigenvalue weighted by molar-refractivity contribution is 9.10. The zero-order valence-corrected chi connectivity index (χ0v) is 12.4. The Labute approximate surface area is 123 Å². The van der Waals surface area contributed by atoms with Crippen LogP contribution in [0.5, 0.6) is 0 Å². The quantitative estimate of drug-likeness (QED) is 0.847. The summed E-state index contributed by atoms with van der Waals surface area (Å²) < 4.78 is 1.08. The summed E-state index contributed by atoms with van der Waals surface area (Å²) >= 11 is 4.67. The lowest BCUT2D eigenvalue weighted by Crippen LogP contribution is -1.99. The molecule has 0 atom stereocenters. The van der Waals surface area contributed by atoms with Crippen molar-refractivity contribution in [2.45, 2.75) is 6.42 Å². The van der Waals surface area contributed by atoms with Gasteiger partial charge < -0.3 is 5.32 Å². The van der Waals surface area contributed by atoms with Crippen molar-refractivity contribution in [1.82, 2.24) is 10.2 Å². The van der Waals surface area contributed by atoms with Crippen LogP contribution in [0, 0.1) is 11.3 Å². The van der Waals surface area contributed by atoms with Crippen molar-refractivity contribution >= 4 is 38.5 Å². The number of hydrogen-bond acceptors (Lipinski definition) is 5. The van der Waals surface area contributed by atoms with E-state index in [1.807, 2.05) is 18.2 Å². The highest BCUT2D eigenvalue weighted by Crippen LogP contribution is 2.14. The van der Waals surface area contributed by atoms with Crippen LogP contribution in [0.2, 0.25) is 0 Å². The average Bonchev–Trinajstić information content (AvgIpc) is 2.88. The Morgan fingerprint density at radius 3 is 2.79 bits per heavy atom. The molecule has 1 aromatic heterocycles. The minimum Gasteiger partial charge on any atom is -0.360 e. The van der Waals surface area contributed by atoms with E-state index in [-0.39, 0.29) is 0 Å². The van der Waals surface area contributed by atoms with Gasteiger partial charge in [-0.2, -0.15) is 5.26 Å². The van der Waals surface area contributed by atoms with Crippen LogP contribution in [-0.4, -0.2) is 16.7 Å². The van der Waals surface area contributed by atoms with E-state index in [9.17, 15) is 0 Å². The number of nitrogens with one attached hydrogen (secondary N) is 1. The normalized spacial score (nSPS) is 10.5. The Kier molecular flexibility index (Phi) is 5.07. The third kappa shape index (κ3) is 4.47. The second kappa shape index (κ2) is 7.02. The summed E-state index contributed by atoms with van der Waals surface area (Å²) in [4.78, 5) is 0. The minimum absolute atomic E-state index is 0.382. The minimum atomic E-state index is 0.382. The van der Waals surface area contributed by atoms with E-state index in [1.165, 1.54) is 16.9 Å². The fourth-order valence-electron chi connectivity index (χ4n) is 1.40. The Morgan fingerprint density at radius 1 is 1.32 bits per heavy atom. The number of nitriles is 1. The third-order valence-corrected chi connectivity index (χ3v) is 3.60. The molecule has 19 heavy (non-hydrogen) atoms. The molecule has 0 radical (unpaired) electrons. The van der Waals surface area contributed by atoms with E-state index >= 15 is 0 Å². The van der Waals surface area contributed by atoms with E-state index in [0.717, 1.165) is 17.4 Å². The largest absolute Gasteiger partial charge is 0.360 e. The van der Waals surface area contributed by atoms with Crippen LogP contribution in [-0.2, 0) is 0 Å². The van der Waals surface area contributed by atoms with Gasteiger partial charge in [0.1, 0.15) is 6.07 Å². The number of nitrogens with zero attached hydrogens (tertiary/aromatic N) is 3. The molecule has 0 amide bonds. The van der Waals surface area contributed by atoms with Crippen molar-refractivity contribution in [3.05, 3.63) is 45.4 Å². The Balaban J connectivity index is 1.74. The molecule has 0 aliphatic carbocycles. The van der Waals surface area contributed by atoms with E-state index in [4.69, 9.17) is 5.26 Å². The van der Waals surface area contributed by atoms with Gasteiger partial charge in [0.05, 0.1) is 0 Å². The standard InChI is InChI=1S/C13H11BrN4S/c14-11-6-4-10(5-7-11)3-1-2-8-16-13-18-17-12(9-15)19-13/h1,3-7H,2,8H2,(H,16,18)/b3-1+. The second-order valence-electron chi connectivity index (χ2n) is 3.69. The van der Waals surface area contributed by atoms with Crippen molar-refractivity contribution in [2.75, 3.05) is 11.9 Å². The molecule has 0 unspecified atom stereocenters. The molecule has 0 bridgehead atoms. The predicted octanol–water partition coefficient (Wildman–Crippen LogP) is 3.69. The molecule has 0 aliphatic heterocycles. The van der Waals surface area contributed by atoms with Crippen LogP contribution < -0.4 is 5.32 Å². The summed E-state index contributed by atoms with van der Waals surface area (Å²) in [5, 5.41) is 20.4. The fraction of sp³-hybridized carbons (Fsp3) is 0.154. The van der Waals surface area contributed by atoms with Gasteiger partial charge >= 0.3 is 0 Å². The van der Waals surface area contributed by atoms with Crippen LogP contribution in [0.15, 0.2) is 34.8 Å². The summed E-state index contributed by atoms with van der Waals surface area (Å²) in [6.45, 7) is 0.771. The Bertz CT molecular complexity index is 598. The highest BCUT2D eigenvalue weighted by Gasteiger charge is 2.00. The van der Waals surface area contributed by atoms with Crippen LogP contribution in [0.4, 0.5) is 5.13 Å². The number of halogens is 1. The summed E-state index contributed by atoms with van der Waals surface area (Å²) in [7, 11) is 0. The van der Waals surface area contributed by atoms with E-state index < -0.39 is 0 Å². The average molecular weight is 335 g/mol. The molecule has 0 aliphatic rings. The molecular formula is C13H11BrN4S. The smallest absolute Gasteiger partial charge is 0.219 e. The zero-order chi connectivity index (χ0) is 13.5. The van der Waals surface area contributed by atoms with Gasteiger partial charge in [0.25, 0.3) is 0 Å². The van der Waals surface area contributed by atoms with Crippen molar-refractivity contribution in [1.29, 1.82) is 5.26 Å². The maximum Gasteiger partial charge on any atom is 0.219 e. The molecule has 0 spiro atoms. The first-order chi connectivity index (χ1) is 9.28. The first-order valence-electron chi connectivity index (χ1n) is 5.67. The highest BCUT2D eigenvalue weighted by atomic mass is 79.9. The van der Waals surface area contributed by atoms with Crippen molar-refractivity contribution in [3.8, 4) is 6.07 Å². The molecule has 96 valence electrons. The lowest BCUT2D eigenvalue weighted by molar-refractivity contribution is 1.02. The van der Waals surface area contributed by atoms with E-state index in [1.54, 1.807) is 0 Å². The second-order valence-corrected chi connectivity index (χ2v) is 5.59. The molecule has 2 rings (SSSR count). The number of anilines is 1. The van der Waals surface area contributed by atoms with Gasteiger partial charge in [-0.05, 0) is 24.1 Å². The maximum absolute atomic E-state index is 8.62. The molecule has 1 N–H and O–H groups in total. The molecular weight excluding hydrogens is 324 g/mol. The number of benzene rings is 1. The van der Waals surface area contributed by atoms with E-state index in [0.29, 0.717) is 10.1 Å². The fourth-order valence-corrected chi connectivity index (χ4v) is 2.23. The molecule has 0 fully saturated rings. The van der Waals surface area contributed by atoms with Crippen LogP contribution >= 0.6 is 27.3 Å². The molecule has 0 saturated carbocycles. The molecule has 1 aromatic carbocycles. The Hall–Kier alpha value is -1.71. The van der Waals surface area contributed by atoms with Crippen LogP contribution in [0.25, 0.3) is 6.08 Å². The first kappa shape index (κ1) is 13.7. The summed E-state index contributed by atoms with van der Waals surface area (Å²) in [6.07, 6.45) is 5.06. The van der Waals surface area contributed by atoms with Gasteiger partial charge in [-0.25, -0.2) is 0 Å². The van der Waals surface area contributed by atoms with Gasteiger partial charge in [-0.3, -0.25) is 0 Å². The zero-order valence-electron chi connectivity index (χ0n) is 10.0. The molecule has 4 nitrogen and oxygen atoms in total. The monoisotopic (exact) mass is 334 g/mol. The molecule has 2 aromatic rings. The summed E-state index contributed by atoms with van der Waals surface area (Å²) in [6, 6.07) is 10.1.